The zero-order chi connectivity index (χ0) is 23.4. The molecule has 0 aliphatic carbocycles. The molecule has 0 aliphatic heterocycles. The largest absolute Gasteiger partial charge is 0.433 e. The van der Waals surface area contributed by atoms with Gasteiger partial charge in [0, 0.05) is 11.1 Å². The molecule has 4 nitrogen and oxygen atoms in total. The summed E-state index contributed by atoms with van der Waals surface area (Å²) in [5.41, 5.74) is 4.30. The Hall–Kier alpha value is -2.71. The van der Waals surface area contributed by atoms with E-state index in [4.69, 9.17) is 21.5 Å². The number of hydrogen-bond donors (Lipinski definition) is 2. The summed E-state index contributed by atoms with van der Waals surface area (Å²) < 4.78 is 35.9. The van der Waals surface area contributed by atoms with Crippen molar-refractivity contribution in [1.29, 1.82) is 0 Å². The fourth-order valence-corrected chi connectivity index (χ4v) is 2.55. The monoisotopic (exact) mass is 464 g/mol. The second-order valence-electron chi connectivity index (χ2n) is 6.76. The Morgan fingerprint density at radius 2 is 1.72 bits per heavy atom. The Morgan fingerprint density at radius 1 is 1.03 bits per heavy atom. The quantitative estimate of drug-likeness (QED) is 0.417. The van der Waals surface area contributed by atoms with Gasteiger partial charge in [0.05, 0.1) is 18.9 Å². The third kappa shape index (κ3) is 9.62. The Kier molecular flexibility index (Phi) is 10.4. The number of aromatic nitrogens is 1. The van der Waals surface area contributed by atoms with Crippen LogP contribution in [-0.4, -0.2) is 16.1 Å². The molecule has 0 radical (unpaired) electrons. The number of halogens is 4. The lowest BCUT2D eigenvalue weighted by atomic mass is 10.2. The molecule has 1 atom stereocenters. The van der Waals surface area contributed by atoms with Crippen molar-refractivity contribution in [2.45, 2.75) is 32.4 Å². The van der Waals surface area contributed by atoms with Crippen LogP contribution in [0.2, 0.25) is 5.02 Å². The van der Waals surface area contributed by atoms with Gasteiger partial charge in [0.2, 0.25) is 0 Å². The predicted octanol–water partition coefficient (Wildman–Crippen LogP) is 6.06. The maximum atomic E-state index is 12.0. The van der Waals surface area contributed by atoms with Crippen molar-refractivity contribution in [3.05, 3.63) is 106 Å². The number of aliphatic hydroxyl groups is 1. The van der Waals surface area contributed by atoms with Crippen LogP contribution in [0, 0.1) is 0 Å². The molecule has 2 aromatic carbocycles. The minimum Gasteiger partial charge on any atom is -0.390 e. The van der Waals surface area contributed by atoms with Crippen LogP contribution in [0.4, 0.5) is 13.2 Å². The molecule has 1 unspecified atom stereocenters. The van der Waals surface area contributed by atoms with Gasteiger partial charge in [-0.2, -0.15) is 18.7 Å². The van der Waals surface area contributed by atoms with Gasteiger partial charge in [0.25, 0.3) is 0 Å². The van der Waals surface area contributed by atoms with Crippen molar-refractivity contribution in [1.82, 2.24) is 10.5 Å². The molecular weight excluding hydrogens is 441 g/mol. The first-order chi connectivity index (χ1) is 15.3. The lowest BCUT2D eigenvalue weighted by molar-refractivity contribution is -0.141. The molecular formula is C24H24ClF3N2O2. The van der Waals surface area contributed by atoms with Gasteiger partial charge >= 0.3 is 6.18 Å². The molecule has 3 aromatic rings. The molecule has 0 bridgehead atoms. The second kappa shape index (κ2) is 13.0. The summed E-state index contributed by atoms with van der Waals surface area (Å²) in [6, 6.07) is 21.3. The molecule has 0 amide bonds. The van der Waals surface area contributed by atoms with Gasteiger partial charge in [-0.1, -0.05) is 72.3 Å². The number of aliphatic hydroxyl groups excluding tert-OH is 1. The van der Waals surface area contributed by atoms with Gasteiger partial charge in [0.1, 0.15) is 5.69 Å². The molecule has 3 rings (SSSR count). The average molecular weight is 465 g/mol. The van der Waals surface area contributed by atoms with Gasteiger partial charge in [-0.3, -0.25) is 4.84 Å². The van der Waals surface area contributed by atoms with E-state index in [1.165, 1.54) is 12.1 Å². The standard InChI is InChI=1S/C17H18ClNO.C7H6F3NO/c1-14(7-8-15-9-11-17(18)12-10-15)19-20-13-16-5-3-2-4-6-16;8-7(9,10)6-3-1-2-5(4-12)11-6/h2-12,14,19H,13H2,1H3;1-3,12H,4H2. The predicted molar refractivity (Wildman–Crippen MR) is 119 cm³/mol. The van der Waals surface area contributed by atoms with Crippen molar-refractivity contribution in [2.24, 2.45) is 0 Å². The molecule has 8 heteroatoms. The van der Waals surface area contributed by atoms with Crippen LogP contribution in [0.15, 0.2) is 78.9 Å². The van der Waals surface area contributed by atoms with E-state index < -0.39 is 18.5 Å². The Morgan fingerprint density at radius 3 is 2.34 bits per heavy atom. The highest BCUT2D eigenvalue weighted by Crippen LogP contribution is 2.27. The number of hydrogen-bond acceptors (Lipinski definition) is 4. The Balaban J connectivity index is 0.000000258. The molecule has 170 valence electrons. The molecule has 0 fully saturated rings. The first-order valence-electron chi connectivity index (χ1n) is 9.77. The van der Waals surface area contributed by atoms with Crippen LogP contribution in [-0.2, 0) is 24.2 Å². The highest BCUT2D eigenvalue weighted by Gasteiger charge is 2.32. The van der Waals surface area contributed by atoms with Crippen molar-refractivity contribution < 1.29 is 23.1 Å². The van der Waals surface area contributed by atoms with Crippen LogP contribution in [0.3, 0.4) is 0 Å². The van der Waals surface area contributed by atoms with E-state index in [1.807, 2.05) is 73.7 Å². The molecule has 0 spiro atoms. The summed E-state index contributed by atoms with van der Waals surface area (Å²) in [4.78, 5) is 8.65. The fourth-order valence-electron chi connectivity index (χ4n) is 2.42. The van der Waals surface area contributed by atoms with E-state index in [1.54, 1.807) is 0 Å². The summed E-state index contributed by atoms with van der Waals surface area (Å²) >= 11 is 5.84. The molecule has 1 heterocycles. The zero-order valence-electron chi connectivity index (χ0n) is 17.4. The SMILES string of the molecule is CC(C=Cc1ccc(Cl)cc1)NOCc1ccccc1.OCc1cccc(C(F)(F)F)n1. The summed E-state index contributed by atoms with van der Waals surface area (Å²) in [6.07, 6.45) is -0.348. The van der Waals surface area contributed by atoms with Crippen molar-refractivity contribution >= 4 is 17.7 Å². The summed E-state index contributed by atoms with van der Waals surface area (Å²) in [5.74, 6) is 0. The van der Waals surface area contributed by atoms with E-state index in [-0.39, 0.29) is 11.7 Å². The van der Waals surface area contributed by atoms with E-state index >= 15 is 0 Å². The Labute approximate surface area is 190 Å². The molecule has 2 N–H and O–H groups in total. The number of rotatable bonds is 7. The van der Waals surface area contributed by atoms with Crippen LogP contribution in [0.25, 0.3) is 6.08 Å². The summed E-state index contributed by atoms with van der Waals surface area (Å²) in [6.45, 7) is 2.11. The molecule has 32 heavy (non-hydrogen) atoms. The van der Waals surface area contributed by atoms with E-state index in [0.717, 1.165) is 22.2 Å². The lowest BCUT2D eigenvalue weighted by Gasteiger charge is -2.09. The van der Waals surface area contributed by atoms with E-state index in [2.05, 4.69) is 10.5 Å². The van der Waals surface area contributed by atoms with Gasteiger partial charge < -0.3 is 5.11 Å². The highest BCUT2D eigenvalue weighted by atomic mass is 35.5. The first-order valence-corrected chi connectivity index (χ1v) is 10.1. The summed E-state index contributed by atoms with van der Waals surface area (Å²) in [7, 11) is 0. The highest BCUT2D eigenvalue weighted by molar-refractivity contribution is 6.30. The minimum atomic E-state index is -4.44. The van der Waals surface area contributed by atoms with Crippen molar-refractivity contribution in [2.75, 3.05) is 0 Å². The molecule has 0 saturated heterocycles. The number of nitrogens with zero attached hydrogens (tertiary/aromatic N) is 1. The van der Waals surface area contributed by atoms with Gasteiger partial charge in [-0.05, 0) is 42.3 Å². The average Bonchev–Trinajstić information content (AvgIpc) is 2.79. The van der Waals surface area contributed by atoms with Crippen molar-refractivity contribution in [3.8, 4) is 0 Å². The van der Waals surface area contributed by atoms with Crippen LogP contribution >= 0.6 is 11.6 Å². The molecule has 1 aromatic heterocycles. The molecule has 0 aliphatic rings. The van der Waals surface area contributed by atoms with E-state index in [9.17, 15) is 13.2 Å². The second-order valence-corrected chi connectivity index (χ2v) is 7.20. The third-order valence-corrected chi connectivity index (χ3v) is 4.31. The van der Waals surface area contributed by atoms with Gasteiger partial charge in [-0.15, -0.1) is 0 Å². The maximum Gasteiger partial charge on any atom is 0.433 e. The normalized spacial score (nSPS) is 12.3. The van der Waals surface area contributed by atoms with Gasteiger partial charge in [0.15, 0.2) is 0 Å². The lowest BCUT2D eigenvalue weighted by Crippen LogP contribution is -2.23. The maximum absolute atomic E-state index is 12.0. The van der Waals surface area contributed by atoms with Crippen LogP contribution < -0.4 is 5.48 Å². The number of hydroxylamine groups is 1. The smallest absolute Gasteiger partial charge is 0.390 e. The van der Waals surface area contributed by atoms with E-state index in [0.29, 0.717) is 6.61 Å². The fraction of sp³-hybridized carbons (Fsp3) is 0.208. The topological polar surface area (TPSA) is 54.4 Å². The third-order valence-electron chi connectivity index (χ3n) is 4.06. The van der Waals surface area contributed by atoms with Crippen LogP contribution in [0.5, 0.6) is 0 Å². The number of nitrogens with one attached hydrogen (secondary N) is 1. The minimum absolute atomic E-state index is 0.0184. The van der Waals surface area contributed by atoms with Gasteiger partial charge in [-0.25, -0.2) is 4.98 Å². The number of benzene rings is 2. The van der Waals surface area contributed by atoms with Crippen LogP contribution in [0.1, 0.15) is 29.4 Å². The molecule has 0 saturated carbocycles. The number of alkyl halides is 3. The van der Waals surface area contributed by atoms with Crippen molar-refractivity contribution in [3.63, 3.8) is 0 Å². The first kappa shape index (κ1) is 25.5. The number of pyridine rings is 1. The Bertz CT molecular complexity index is 965. The zero-order valence-corrected chi connectivity index (χ0v) is 18.1. The summed E-state index contributed by atoms with van der Waals surface area (Å²) in [5, 5.41) is 9.25.